The number of pyridine rings is 1. The van der Waals surface area contributed by atoms with Crippen LogP contribution in [0.3, 0.4) is 0 Å². The van der Waals surface area contributed by atoms with E-state index in [1.54, 1.807) is 6.07 Å². The zero-order chi connectivity index (χ0) is 8.72. The highest BCUT2D eigenvalue weighted by atomic mass is 79.9. The molecular weight excluding hydrogens is 222 g/mol. The Labute approximate surface area is 76.1 Å². The van der Waals surface area contributed by atoms with Crippen LogP contribution >= 0.6 is 15.9 Å². The number of hydrogen-bond acceptors (Lipinski definition) is 2. The third-order valence-corrected chi connectivity index (χ3v) is 2.22. The molecule has 0 atom stereocenters. The average Bonchev–Trinajstić information content (AvgIpc) is 2.33. The van der Waals surface area contributed by atoms with Crippen LogP contribution in [0.25, 0.3) is 10.9 Å². The molecular formula is C7H6BrN3O. The number of aromatic amines is 2. The lowest BCUT2D eigenvalue weighted by molar-refractivity contribution is 1.07. The molecule has 0 amide bonds. The van der Waals surface area contributed by atoms with Gasteiger partial charge in [-0.1, -0.05) is 0 Å². The van der Waals surface area contributed by atoms with Crippen LogP contribution in [0.1, 0.15) is 5.69 Å². The van der Waals surface area contributed by atoms with Gasteiger partial charge in [-0.25, -0.2) is 4.98 Å². The van der Waals surface area contributed by atoms with Gasteiger partial charge in [-0.2, -0.15) is 0 Å². The van der Waals surface area contributed by atoms with E-state index in [-0.39, 0.29) is 5.56 Å². The maximum absolute atomic E-state index is 11.1. The summed E-state index contributed by atoms with van der Waals surface area (Å²) in [5.74, 6) is 0. The number of hydrogen-bond donors (Lipinski definition) is 2. The summed E-state index contributed by atoms with van der Waals surface area (Å²) in [5.41, 5.74) is 1.42. The van der Waals surface area contributed by atoms with Crippen LogP contribution < -0.4 is 5.56 Å². The molecule has 0 saturated heterocycles. The predicted molar refractivity (Wildman–Crippen MR) is 49.2 cm³/mol. The molecule has 0 fully saturated rings. The largest absolute Gasteiger partial charge is 0.295 e. The minimum Gasteiger partial charge on any atom is -0.295 e. The molecule has 12 heavy (non-hydrogen) atoms. The van der Waals surface area contributed by atoms with Gasteiger partial charge in [-0.15, -0.1) is 0 Å². The second kappa shape index (κ2) is 2.45. The number of aromatic nitrogens is 3. The summed E-state index contributed by atoms with van der Waals surface area (Å²) in [6.45, 7) is 1.84. The van der Waals surface area contributed by atoms with Crippen molar-refractivity contribution >= 4 is 26.8 Å². The number of nitrogens with zero attached hydrogens (tertiary/aromatic N) is 1. The van der Waals surface area contributed by atoms with Crippen molar-refractivity contribution in [3.05, 3.63) is 26.7 Å². The lowest BCUT2D eigenvalue weighted by atomic mass is 10.3. The van der Waals surface area contributed by atoms with Gasteiger partial charge >= 0.3 is 0 Å². The number of fused-ring (bicyclic) bond motifs is 1. The molecule has 5 heteroatoms. The van der Waals surface area contributed by atoms with E-state index >= 15 is 0 Å². The molecule has 0 aliphatic carbocycles. The van der Waals surface area contributed by atoms with Gasteiger partial charge in [0.05, 0.1) is 10.9 Å². The molecule has 0 aliphatic rings. The molecule has 62 valence electrons. The number of nitrogens with one attached hydrogen (secondary N) is 2. The molecule has 2 heterocycles. The first kappa shape index (κ1) is 7.54. The van der Waals surface area contributed by atoms with E-state index in [4.69, 9.17) is 0 Å². The van der Waals surface area contributed by atoms with Crippen molar-refractivity contribution in [3.8, 4) is 0 Å². The zero-order valence-corrected chi connectivity index (χ0v) is 7.90. The van der Waals surface area contributed by atoms with Crippen LogP contribution in [0, 0.1) is 6.92 Å². The summed E-state index contributed by atoms with van der Waals surface area (Å²) in [6.07, 6.45) is 0. The van der Waals surface area contributed by atoms with Gasteiger partial charge in [0.1, 0.15) is 4.60 Å². The molecule has 2 aromatic rings. The van der Waals surface area contributed by atoms with Crippen LogP contribution in [0.4, 0.5) is 0 Å². The number of H-pyrrole nitrogens is 2. The van der Waals surface area contributed by atoms with E-state index in [9.17, 15) is 4.79 Å². The summed E-state index contributed by atoms with van der Waals surface area (Å²) in [5, 5.41) is 5.86. The summed E-state index contributed by atoms with van der Waals surface area (Å²) in [6, 6.07) is 1.75. The molecule has 4 nitrogen and oxygen atoms in total. The Morgan fingerprint density at radius 1 is 1.50 bits per heavy atom. The van der Waals surface area contributed by atoms with Gasteiger partial charge in [0, 0.05) is 5.69 Å². The number of halogens is 1. The highest BCUT2D eigenvalue weighted by Gasteiger charge is 2.05. The minimum absolute atomic E-state index is 0.115. The maximum atomic E-state index is 11.1. The molecule has 0 radical (unpaired) electrons. The molecule has 0 bridgehead atoms. The van der Waals surface area contributed by atoms with E-state index in [2.05, 4.69) is 31.1 Å². The van der Waals surface area contributed by atoms with Crippen molar-refractivity contribution in [1.82, 2.24) is 15.2 Å². The Morgan fingerprint density at radius 3 is 3.00 bits per heavy atom. The van der Waals surface area contributed by atoms with Gasteiger partial charge in [0.25, 0.3) is 5.56 Å². The van der Waals surface area contributed by atoms with E-state index in [0.717, 1.165) is 5.69 Å². The minimum atomic E-state index is -0.115. The summed E-state index contributed by atoms with van der Waals surface area (Å²) >= 11 is 3.26. The third kappa shape index (κ3) is 0.972. The quantitative estimate of drug-likeness (QED) is 0.668. The first-order chi connectivity index (χ1) is 5.68. The standard InChI is InChI=1S/C7H6BrN3O/c1-3-2-4-5(6(8)9-3)10-11-7(4)12/h2H,1H3,(H2,10,11,12). The first-order valence-electron chi connectivity index (χ1n) is 3.42. The summed E-state index contributed by atoms with van der Waals surface area (Å²) < 4.78 is 0.663. The fraction of sp³-hybridized carbons (Fsp3) is 0.143. The van der Waals surface area contributed by atoms with Crippen LogP contribution in [0.2, 0.25) is 0 Å². The molecule has 0 saturated carbocycles. The second-order valence-electron chi connectivity index (χ2n) is 2.56. The third-order valence-electron chi connectivity index (χ3n) is 1.65. The van der Waals surface area contributed by atoms with Gasteiger partial charge in [0.15, 0.2) is 0 Å². The first-order valence-corrected chi connectivity index (χ1v) is 4.21. The van der Waals surface area contributed by atoms with Crippen molar-refractivity contribution in [2.24, 2.45) is 0 Å². The fourth-order valence-electron chi connectivity index (χ4n) is 1.12. The normalized spacial score (nSPS) is 10.8. The molecule has 0 unspecified atom stereocenters. The Hall–Kier alpha value is -1.10. The highest BCUT2D eigenvalue weighted by molar-refractivity contribution is 9.10. The van der Waals surface area contributed by atoms with Crippen LogP contribution in [-0.4, -0.2) is 15.2 Å². The van der Waals surface area contributed by atoms with Crippen LogP contribution in [0.15, 0.2) is 15.5 Å². The molecule has 2 rings (SSSR count). The lowest BCUT2D eigenvalue weighted by Crippen LogP contribution is -1.97. The van der Waals surface area contributed by atoms with Gasteiger partial charge in [-0.3, -0.25) is 15.0 Å². The Morgan fingerprint density at radius 2 is 2.25 bits per heavy atom. The van der Waals surface area contributed by atoms with E-state index in [1.165, 1.54) is 0 Å². The molecule has 0 spiro atoms. The van der Waals surface area contributed by atoms with Gasteiger partial charge in [-0.05, 0) is 28.9 Å². The lowest BCUT2D eigenvalue weighted by Gasteiger charge is -1.93. The number of aryl methyl sites for hydroxylation is 1. The van der Waals surface area contributed by atoms with Crippen molar-refractivity contribution in [3.63, 3.8) is 0 Å². The molecule has 0 aromatic carbocycles. The van der Waals surface area contributed by atoms with E-state index in [1.807, 2.05) is 6.92 Å². The molecule has 2 aromatic heterocycles. The van der Waals surface area contributed by atoms with E-state index in [0.29, 0.717) is 15.5 Å². The van der Waals surface area contributed by atoms with Crippen molar-refractivity contribution in [2.75, 3.05) is 0 Å². The van der Waals surface area contributed by atoms with Crippen molar-refractivity contribution < 1.29 is 0 Å². The Kier molecular flexibility index (Phi) is 1.54. The van der Waals surface area contributed by atoms with Crippen molar-refractivity contribution in [1.29, 1.82) is 0 Å². The van der Waals surface area contributed by atoms with Crippen LogP contribution in [-0.2, 0) is 0 Å². The maximum Gasteiger partial charge on any atom is 0.271 e. The Bertz CT molecular complexity index is 485. The Balaban J connectivity index is 3.02. The summed E-state index contributed by atoms with van der Waals surface area (Å²) in [7, 11) is 0. The average molecular weight is 228 g/mol. The number of rotatable bonds is 0. The van der Waals surface area contributed by atoms with E-state index < -0.39 is 0 Å². The van der Waals surface area contributed by atoms with Gasteiger partial charge in [0.2, 0.25) is 0 Å². The smallest absolute Gasteiger partial charge is 0.271 e. The van der Waals surface area contributed by atoms with Crippen LogP contribution in [0.5, 0.6) is 0 Å². The molecule has 0 aliphatic heterocycles. The topological polar surface area (TPSA) is 61.5 Å². The fourth-order valence-corrected chi connectivity index (χ4v) is 1.71. The second-order valence-corrected chi connectivity index (χ2v) is 3.31. The highest BCUT2D eigenvalue weighted by Crippen LogP contribution is 2.17. The monoisotopic (exact) mass is 227 g/mol. The zero-order valence-electron chi connectivity index (χ0n) is 6.31. The van der Waals surface area contributed by atoms with Gasteiger partial charge < -0.3 is 0 Å². The summed E-state index contributed by atoms with van der Waals surface area (Å²) in [4.78, 5) is 15.3. The SMILES string of the molecule is Cc1cc2c(=O)[nH][nH]c2c(Br)n1. The molecule has 2 N–H and O–H groups in total. The predicted octanol–water partition coefficient (Wildman–Crippen LogP) is 1.32. The van der Waals surface area contributed by atoms with Crippen molar-refractivity contribution in [2.45, 2.75) is 6.92 Å².